The molecule has 0 aliphatic heterocycles. The van der Waals surface area contributed by atoms with Gasteiger partial charge in [-0.2, -0.15) is 0 Å². The van der Waals surface area contributed by atoms with Gasteiger partial charge in [-0.25, -0.2) is 0 Å². The van der Waals surface area contributed by atoms with Gasteiger partial charge in [-0.1, -0.05) is 17.7 Å². The van der Waals surface area contributed by atoms with Crippen molar-refractivity contribution in [2.24, 2.45) is 0 Å². The van der Waals surface area contributed by atoms with Crippen LogP contribution in [0.5, 0.6) is 5.75 Å². The number of ether oxygens (including phenoxy) is 1. The van der Waals surface area contributed by atoms with E-state index < -0.39 is 0 Å². The van der Waals surface area contributed by atoms with Crippen LogP contribution in [0.3, 0.4) is 0 Å². The molecular weight excluding hydrogens is 176 g/mol. The third-order valence-corrected chi connectivity index (χ3v) is 1.65. The van der Waals surface area contributed by atoms with E-state index in [1.54, 1.807) is 12.1 Å². The summed E-state index contributed by atoms with van der Waals surface area (Å²) >= 11 is 5.76. The molecule has 0 spiro atoms. The number of aryl methyl sites for hydroxylation is 1. The Bertz CT molecular complexity index is 307. The summed E-state index contributed by atoms with van der Waals surface area (Å²) in [6, 6.07) is 5.29. The monoisotopic (exact) mass is 184 g/mol. The number of hydrogen-bond donors (Lipinski definition) is 0. The van der Waals surface area contributed by atoms with Crippen molar-refractivity contribution in [1.82, 2.24) is 0 Å². The molecule has 0 aliphatic rings. The zero-order chi connectivity index (χ0) is 9.14. The van der Waals surface area contributed by atoms with E-state index >= 15 is 0 Å². The van der Waals surface area contributed by atoms with Crippen molar-refractivity contribution >= 4 is 17.6 Å². The highest BCUT2D eigenvalue weighted by Crippen LogP contribution is 2.25. The SMILES string of the molecule is CC(=O)Oc1cc(C)ccc1Cl. The van der Waals surface area contributed by atoms with Crippen LogP contribution in [0, 0.1) is 6.92 Å². The van der Waals surface area contributed by atoms with Gasteiger partial charge in [-0.15, -0.1) is 0 Å². The quantitative estimate of drug-likeness (QED) is 0.495. The fraction of sp³-hybridized carbons (Fsp3) is 0.222. The van der Waals surface area contributed by atoms with E-state index in [0.29, 0.717) is 10.8 Å². The number of esters is 1. The molecule has 1 aromatic rings. The zero-order valence-electron chi connectivity index (χ0n) is 6.93. The lowest BCUT2D eigenvalue weighted by atomic mass is 10.2. The Hall–Kier alpha value is -1.02. The number of carbonyl (C=O) groups is 1. The third kappa shape index (κ3) is 2.24. The van der Waals surface area contributed by atoms with Crippen molar-refractivity contribution in [3.8, 4) is 5.75 Å². The van der Waals surface area contributed by atoms with Crippen LogP contribution in [-0.2, 0) is 4.79 Å². The molecule has 1 rings (SSSR count). The second kappa shape index (κ2) is 3.59. The molecule has 0 heterocycles. The predicted octanol–water partition coefficient (Wildman–Crippen LogP) is 2.57. The Morgan fingerprint density at radius 1 is 1.50 bits per heavy atom. The molecule has 0 amide bonds. The molecule has 0 saturated heterocycles. The topological polar surface area (TPSA) is 26.3 Å². The molecule has 0 radical (unpaired) electrons. The Morgan fingerprint density at radius 3 is 2.75 bits per heavy atom. The van der Waals surface area contributed by atoms with Crippen LogP contribution >= 0.6 is 11.6 Å². The molecule has 2 nitrogen and oxygen atoms in total. The molecule has 0 saturated carbocycles. The molecule has 0 fully saturated rings. The van der Waals surface area contributed by atoms with Gasteiger partial charge < -0.3 is 4.74 Å². The van der Waals surface area contributed by atoms with E-state index in [1.807, 2.05) is 13.0 Å². The summed E-state index contributed by atoms with van der Waals surface area (Å²) in [5.41, 5.74) is 1.01. The first-order chi connectivity index (χ1) is 5.59. The van der Waals surface area contributed by atoms with Crippen LogP contribution in [0.15, 0.2) is 18.2 Å². The van der Waals surface area contributed by atoms with Gasteiger partial charge in [0, 0.05) is 6.92 Å². The smallest absolute Gasteiger partial charge is 0.308 e. The Kier molecular flexibility index (Phi) is 2.71. The van der Waals surface area contributed by atoms with Gasteiger partial charge >= 0.3 is 5.97 Å². The summed E-state index contributed by atoms with van der Waals surface area (Å²) < 4.78 is 4.85. The molecule has 0 aromatic heterocycles. The second-order valence-corrected chi connectivity index (χ2v) is 2.93. The minimum absolute atomic E-state index is 0.359. The number of carbonyl (C=O) groups excluding carboxylic acids is 1. The average Bonchev–Trinajstić information content (AvgIpc) is 1.96. The van der Waals surface area contributed by atoms with Gasteiger partial charge in [0.05, 0.1) is 5.02 Å². The van der Waals surface area contributed by atoms with Crippen LogP contribution in [-0.4, -0.2) is 5.97 Å². The molecule has 0 atom stereocenters. The van der Waals surface area contributed by atoms with E-state index in [-0.39, 0.29) is 5.97 Å². The van der Waals surface area contributed by atoms with Crippen molar-refractivity contribution in [2.75, 3.05) is 0 Å². The number of hydrogen-bond acceptors (Lipinski definition) is 2. The molecule has 64 valence electrons. The standard InChI is InChI=1S/C9H9ClO2/c1-6-3-4-8(10)9(5-6)12-7(2)11/h3-5H,1-2H3. The first-order valence-electron chi connectivity index (χ1n) is 3.54. The maximum atomic E-state index is 10.6. The van der Waals surface area contributed by atoms with Crippen molar-refractivity contribution in [2.45, 2.75) is 13.8 Å². The van der Waals surface area contributed by atoms with E-state index in [4.69, 9.17) is 16.3 Å². The van der Waals surface area contributed by atoms with Gasteiger partial charge in [-0.05, 0) is 24.6 Å². The van der Waals surface area contributed by atoms with Crippen LogP contribution in [0.25, 0.3) is 0 Å². The zero-order valence-corrected chi connectivity index (χ0v) is 7.68. The van der Waals surface area contributed by atoms with Gasteiger partial charge in [-0.3, -0.25) is 4.79 Å². The Labute approximate surface area is 76.1 Å². The Morgan fingerprint density at radius 2 is 2.17 bits per heavy atom. The molecule has 0 bridgehead atoms. The summed E-state index contributed by atoms with van der Waals surface area (Å²) in [6.07, 6.45) is 0. The third-order valence-electron chi connectivity index (χ3n) is 1.34. The van der Waals surface area contributed by atoms with Gasteiger partial charge in [0.2, 0.25) is 0 Å². The van der Waals surface area contributed by atoms with E-state index in [2.05, 4.69) is 0 Å². The average molecular weight is 185 g/mol. The summed E-state index contributed by atoms with van der Waals surface area (Å²) in [6.45, 7) is 3.25. The van der Waals surface area contributed by atoms with Crippen molar-refractivity contribution < 1.29 is 9.53 Å². The molecule has 3 heteroatoms. The molecule has 0 unspecified atom stereocenters. The molecule has 1 aromatic carbocycles. The highest BCUT2D eigenvalue weighted by molar-refractivity contribution is 6.32. The lowest BCUT2D eigenvalue weighted by Crippen LogP contribution is -2.01. The summed E-state index contributed by atoms with van der Waals surface area (Å²) in [7, 11) is 0. The number of halogens is 1. The lowest BCUT2D eigenvalue weighted by molar-refractivity contribution is -0.131. The van der Waals surface area contributed by atoms with Crippen molar-refractivity contribution in [1.29, 1.82) is 0 Å². The molecule has 12 heavy (non-hydrogen) atoms. The second-order valence-electron chi connectivity index (χ2n) is 2.53. The minimum atomic E-state index is -0.359. The number of benzene rings is 1. The van der Waals surface area contributed by atoms with E-state index in [1.165, 1.54) is 6.92 Å². The van der Waals surface area contributed by atoms with Crippen LogP contribution in [0.2, 0.25) is 5.02 Å². The van der Waals surface area contributed by atoms with Gasteiger partial charge in [0.25, 0.3) is 0 Å². The fourth-order valence-electron chi connectivity index (χ4n) is 0.844. The number of rotatable bonds is 1. The fourth-order valence-corrected chi connectivity index (χ4v) is 1.000. The molecule has 0 aliphatic carbocycles. The van der Waals surface area contributed by atoms with Crippen LogP contribution in [0.4, 0.5) is 0 Å². The highest BCUT2D eigenvalue weighted by atomic mass is 35.5. The normalized spacial score (nSPS) is 9.58. The lowest BCUT2D eigenvalue weighted by Gasteiger charge is -2.03. The van der Waals surface area contributed by atoms with E-state index in [0.717, 1.165) is 5.56 Å². The first-order valence-corrected chi connectivity index (χ1v) is 3.92. The van der Waals surface area contributed by atoms with Gasteiger partial charge in [0.15, 0.2) is 0 Å². The minimum Gasteiger partial charge on any atom is -0.425 e. The maximum Gasteiger partial charge on any atom is 0.308 e. The highest BCUT2D eigenvalue weighted by Gasteiger charge is 2.03. The molecule has 0 N–H and O–H groups in total. The summed E-state index contributed by atoms with van der Waals surface area (Å²) in [5, 5.41) is 0.454. The first kappa shape index (κ1) is 9.07. The van der Waals surface area contributed by atoms with Gasteiger partial charge in [0.1, 0.15) is 5.75 Å². The van der Waals surface area contributed by atoms with Crippen molar-refractivity contribution in [3.63, 3.8) is 0 Å². The van der Waals surface area contributed by atoms with Crippen LogP contribution < -0.4 is 4.74 Å². The summed E-state index contributed by atoms with van der Waals surface area (Å²) in [5.74, 6) is 0.0617. The predicted molar refractivity (Wildman–Crippen MR) is 47.5 cm³/mol. The summed E-state index contributed by atoms with van der Waals surface area (Å²) in [4.78, 5) is 10.6. The van der Waals surface area contributed by atoms with Crippen molar-refractivity contribution in [3.05, 3.63) is 28.8 Å². The molecular formula is C9H9ClO2. The van der Waals surface area contributed by atoms with E-state index in [9.17, 15) is 4.79 Å². The van der Waals surface area contributed by atoms with Crippen LogP contribution in [0.1, 0.15) is 12.5 Å². The Balaban J connectivity index is 2.97. The maximum absolute atomic E-state index is 10.6. The largest absolute Gasteiger partial charge is 0.425 e.